The lowest BCUT2D eigenvalue weighted by atomic mass is 9.94. The van der Waals surface area contributed by atoms with Crippen molar-refractivity contribution in [1.29, 1.82) is 0 Å². The fourth-order valence-corrected chi connectivity index (χ4v) is 3.48. The highest BCUT2D eigenvalue weighted by atomic mass is 19.1. The molecule has 0 bridgehead atoms. The smallest absolute Gasteiger partial charge is 0.223 e. The molecule has 0 spiro atoms. The lowest BCUT2D eigenvalue weighted by Crippen LogP contribution is -2.40. The number of hydrogen-bond donors (Lipinski definition) is 1. The van der Waals surface area contributed by atoms with E-state index >= 15 is 0 Å². The van der Waals surface area contributed by atoms with E-state index in [4.69, 9.17) is 6.42 Å². The van der Waals surface area contributed by atoms with Crippen LogP contribution in [0, 0.1) is 24.1 Å². The molecule has 1 aliphatic heterocycles. The van der Waals surface area contributed by atoms with Gasteiger partial charge >= 0.3 is 0 Å². The predicted octanol–water partition coefficient (Wildman–Crippen LogP) is 3.45. The Kier molecular flexibility index (Phi) is 6.04. The molecule has 1 saturated heterocycles. The number of rotatable bonds is 5. The third kappa shape index (κ3) is 4.30. The fourth-order valence-electron chi connectivity index (χ4n) is 3.48. The maximum Gasteiger partial charge on any atom is 0.223 e. The first kappa shape index (κ1) is 18.2. The molecule has 0 radical (unpaired) electrons. The predicted molar refractivity (Wildman–Crippen MR) is 102 cm³/mol. The molecule has 1 heterocycles. The van der Waals surface area contributed by atoms with Crippen molar-refractivity contribution in [2.24, 2.45) is 5.92 Å². The van der Waals surface area contributed by atoms with Gasteiger partial charge in [0.2, 0.25) is 5.91 Å². The Labute approximate surface area is 154 Å². The Bertz CT molecular complexity index is 804. The number of hydrogen-bond acceptors (Lipinski definition) is 2. The molecule has 0 unspecified atom stereocenters. The van der Waals surface area contributed by atoms with Crippen LogP contribution < -0.4 is 5.32 Å². The zero-order chi connectivity index (χ0) is 18.4. The van der Waals surface area contributed by atoms with Gasteiger partial charge in [0.1, 0.15) is 5.82 Å². The normalized spacial score (nSPS) is 15.4. The van der Waals surface area contributed by atoms with Gasteiger partial charge in [0.15, 0.2) is 0 Å². The number of amides is 1. The van der Waals surface area contributed by atoms with Gasteiger partial charge in [-0.3, -0.25) is 9.69 Å². The fraction of sp³-hybridized carbons (Fsp3) is 0.318. The van der Waals surface area contributed by atoms with Crippen molar-refractivity contribution in [3.8, 4) is 23.5 Å². The topological polar surface area (TPSA) is 32.3 Å². The number of piperidine rings is 1. The zero-order valence-corrected chi connectivity index (χ0v) is 14.7. The zero-order valence-electron chi connectivity index (χ0n) is 14.7. The van der Waals surface area contributed by atoms with Crippen molar-refractivity contribution in [3.63, 3.8) is 0 Å². The first-order valence-electron chi connectivity index (χ1n) is 8.95. The average molecular weight is 350 g/mol. The van der Waals surface area contributed by atoms with Gasteiger partial charge in [0, 0.05) is 18.0 Å². The Morgan fingerprint density at radius 3 is 2.46 bits per heavy atom. The van der Waals surface area contributed by atoms with E-state index in [-0.39, 0.29) is 24.2 Å². The van der Waals surface area contributed by atoms with E-state index in [2.05, 4.69) is 16.1 Å². The molecule has 1 N–H and O–H groups in total. The summed E-state index contributed by atoms with van der Waals surface area (Å²) in [6.45, 7) is 2.73. The summed E-state index contributed by atoms with van der Waals surface area (Å²) in [6.07, 6.45) is 6.82. The first-order chi connectivity index (χ1) is 12.7. The molecule has 1 fully saturated rings. The summed E-state index contributed by atoms with van der Waals surface area (Å²) >= 11 is 0. The van der Waals surface area contributed by atoms with Crippen LogP contribution in [-0.4, -0.2) is 30.4 Å². The van der Waals surface area contributed by atoms with Crippen molar-refractivity contribution in [2.45, 2.75) is 19.4 Å². The Balaban J connectivity index is 1.66. The third-order valence-corrected chi connectivity index (χ3v) is 4.90. The van der Waals surface area contributed by atoms with Crippen LogP contribution in [0.3, 0.4) is 0 Å². The molecule has 4 heteroatoms. The van der Waals surface area contributed by atoms with Crippen molar-refractivity contribution in [1.82, 2.24) is 10.2 Å². The molecular weight excluding hydrogens is 327 g/mol. The first-order valence-corrected chi connectivity index (χ1v) is 8.95. The van der Waals surface area contributed by atoms with E-state index in [1.54, 1.807) is 6.07 Å². The lowest BCUT2D eigenvalue weighted by Gasteiger charge is -2.31. The van der Waals surface area contributed by atoms with E-state index < -0.39 is 0 Å². The molecule has 2 aromatic carbocycles. The van der Waals surface area contributed by atoms with E-state index in [1.807, 2.05) is 36.4 Å². The highest BCUT2D eigenvalue weighted by Gasteiger charge is 2.25. The molecule has 0 atom stereocenters. The van der Waals surface area contributed by atoms with Gasteiger partial charge in [-0.25, -0.2) is 4.39 Å². The SMILES string of the molecule is C#CCNC(=O)C1CCN(Cc2ccccc2-c2ccccc2F)CC1. The van der Waals surface area contributed by atoms with Crippen molar-refractivity contribution in [3.05, 3.63) is 59.9 Å². The van der Waals surface area contributed by atoms with Gasteiger partial charge in [0.25, 0.3) is 0 Å². The van der Waals surface area contributed by atoms with Gasteiger partial charge in [0.05, 0.1) is 6.54 Å². The summed E-state index contributed by atoms with van der Waals surface area (Å²) in [5, 5.41) is 2.77. The standard InChI is InChI=1S/C22H23FN2O/c1-2-13-24-22(26)17-11-14-25(15-12-17)16-18-7-3-4-8-19(18)20-9-5-6-10-21(20)23/h1,3-10,17H,11-16H2,(H,24,26). The number of carbonyl (C=O) groups excluding carboxylic acids is 1. The second kappa shape index (κ2) is 8.64. The second-order valence-corrected chi connectivity index (χ2v) is 6.61. The quantitative estimate of drug-likeness (QED) is 0.838. The molecule has 3 rings (SSSR count). The maximum absolute atomic E-state index is 14.2. The number of terminal acetylenes is 1. The largest absolute Gasteiger partial charge is 0.345 e. The van der Waals surface area contributed by atoms with Crippen molar-refractivity contribution >= 4 is 5.91 Å². The van der Waals surface area contributed by atoms with Gasteiger partial charge in [-0.05, 0) is 43.1 Å². The van der Waals surface area contributed by atoms with Crippen LogP contribution in [0.15, 0.2) is 48.5 Å². The summed E-state index contributed by atoms with van der Waals surface area (Å²) in [7, 11) is 0. The van der Waals surface area contributed by atoms with Crippen molar-refractivity contribution in [2.75, 3.05) is 19.6 Å². The average Bonchev–Trinajstić information content (AvgIpc) is 2.68. The Hall–Kier alpha value is -2.64. The monoisotopic (exact) mass is 350 g/mol. The van der Waals surface area contributed by atoms with Crippen LogP contribution in [-0.2, 0) is 11.3 Å². The Morgan fingerprint density at radius 2 is 1.77 bits per heavy atom. The number of carbonyl (C=O) groups is 1. The van der Waals surface area contributed by atoms with Crippen LogP contribution in [0.25, 0.3) is 11.1 Å². The van der Waals surface area contributed by atoms with E-state index in [1.165, 1.54) is 6.07 Å². The summed E-state index contributed by atoms with van der Waals surface area (Å²) in [5.74, 6) is 2.31. The molecule has 3 nitrogen and oxygen atoms in total. The number of nitrogens with one attached hydrogen (secondary N) is 1. The highest BCUT2D eigenvalue weighted by Crippen LogP contribution is 2.28. The molecule has 0 saturated carbocycles. The molecule has 134 valence electrons. The minimum atomic E-state index is -0.205. The summed E-state index contributed by atoms with van der Waals surface area (Å²) < 4.78 is 14.2. The molecule has 2 aromatic rings. The minimum Gasteiger partial charge on any atom is -0.345 e. The van der Waals surface area contributed by atoms with E-state index in [0.29, 0.717) is 5.56 Å². The summed E-state index contributed by atoms with van der Waals surface area (Å²) in [6, 6.07) is 14.8. The van der Waals surface area contributed by atoms with Crippen molar-refractivity contribution < 1.29 is 9.18 Å². The van der Waals surface area contributed by atoms with Gasteiger partial charge < -0.3 is 5.32 Å². The van der Waals surface area contributed by atoms with Gasteiger partial charge in [-0.15, -0.1) is 6.42 Å². The molecule has 26 heavy (non-hydrogen) atoms. The van der Waals surface area contributed by atoms with Gasteiger partial charge in [-0.1, -0.05) is 48.4 Å². The van der Waals surface area contributed by atoms with Crippen LogP contribution in [0.2, 0.25) is 0 Å². The lowest BCUT2D eigenvalue weighted by molar-refractivity contribution is -0.126. The third-order valence-electron chi connectivity index (χ3n) is 4.90. The minimum absolute atomic E-state index is 0.0291. The summed E-state index contributed by atoms with van der Waals surface area (Å²) in [5.41, 5.74) is 2.67. The number of halogens is 1. The van der Waals surface area contributed by atoms with Gasteiger partial charge in [-0.2, -0.15) is 0 Å². The highest BCUT2D eigenvalue weighted by molar-refractivity contribution is 5.79. The molecule has 1 amide bonds. The van der Waals surface area contributed by atoms with Crippen LogP contribution in [0.1, 0.15) is 18.4 Å². The second-order valence-electron chi connectivity index (χ2n) is 6.61. The van der Waals surface area contributed by atoms with Crippen LogP contribution in [0.4, 0.5) is 4.39 Å². The molecular formula is C22H23FN2O. The van der Waals surface area contributed by atoms with Crippen LogP contribution in [0.5, 0.6) is 0 Å². The molecule has 0 aromatic heterocycles. The summed E-state index contributed by atoms with van der Waals surface area (Å²) in [4.78, 5) is 14.4. The molecule has 1 aliphatic rings. The van der Waals surface area contributed by atoms with E-state index in [9.17, 15) is 9.18 Å². The van der Waals surface area contributed by atoms with Crippen LogP contribution >= 0.6 is 0 Å². The van der Waals surface area contributed by atoms with E-state index in [0.717, 1.165) is 43.6 Å². The number of likely N-dealkylation sites (tertiary alicyclic amines) is 1. The number of nitrogens with zero attached hydrogens (tertiary/aromatic N) is 1. The molecule has 0 aliphatic carbocycles. The number of benzene rings is 2. The Morgan fingerprint density at radius 1 is 1.12 bits per heavy atom. The maximum atomic E-state index is 14.2.